The molecule has 4 rings (SSSR count). The molecule has 12 heteroatoms. The number of benzene rings is 3. The molecule has 0 saturated carbocycles. The number of hydrogen-bond acceptors (Lipinski definition) is 5. The number of nitrogens with one attached hydrogen (secondary N) is 1. The maximum absolute atomic E-state index is 13.7. The second-order valence-electron chi connectivity index (χ2n) is 8.25. The number of carbonyl (C=O) groups excluding carboxylic acids is 1. The zero-order valence-corrected chi connectivity index (χ0v) is 22.9. The highest BCUT2D eigenvalue weighted by Crippen LogP contribution is 2.40. The van der Waals surface area contributed by atoms with Crippen molar-refractivity contribution in [1.29, 1.82) is 0 Å². The van der Waals surface area contributed by atoms with Crippen molar-refractivity contribution in [3.63, 3.8) is 0 Å². The topological polar surface area (TPSA) is 69.0 Å². The number of nitrogens with zero attached hydrogens (tertiary/aromatic N) is 3. The number of anilines is 1. The predicted octanol–water partition coefficient (Wildman–Crippen LogP) is 7.78. The largest absolute Gasteiger partial charge is 0.418 e. The van der Waals surface area contributed by atoms with E-state index in [9.17, 15) is 18.0 Å². The number of alkyl halides is 3. The first-order chi connectivity index (χ1) is 18.7. The molecule has 1 heterocycles. The zero-order valence-electron chi connectivity index (χ0n) is 20.6. The lowest BCUT2D eigenvalue weighted by atomic mass is 10.1. The van der Waals surface area contributed by atoms with Crippen LogP contribution in [0.5, 0.6) is 0 Å². The van der Waals surface area contributed by atoms with Gasteiger partial charge in [-0.2, -0.15) is 13.2 Å². The highest BCUT2D eigenvalue weighted by molar-refractivity contribution is 8.00. The van der Waals surface area contributed by atoms with E-state index in [4.69, 9.17) is 27.9 Å². The molecule has 0 spiro atoms. The lowest BCUT2D eigenvalue weighted by molar-refractivity contribution is -0.137. The van der Waals surface area contributed by atoms with Gasteiger partial charge < -0.3 is 10.1 Å². The van der Waals surface area contributed by atoms with Crippen LogP contribution in [0.15, 0.2) is 78.0 Å². The van der Waals surface area contributed by atoms with Gasteiger partial charge in [0.05, 0.1) is 24.4 Å². The average Bonchev–Trinajstić information content (AvgIpc) is 3.31. The van der Waals surface area contributed by atoms with E-state index in [2.05, 4.69) is 15.5 Å². The van der Waals surface area contributed by atoms with Crippen molar-refractivity contribution in [3.8, 4) is 11.4 Å². The Balaban J connectivity index is 1.71. The van der Waals surface area contributed by atoms with Crippen molar-refractivity contribution in [1.82, 2.24) is 14.8 Å². The molecular formula is C27H23Cl2F3N4O2S. The van der Waals surface area contributed by atoms with Crippen LogP contribution in [0.1, 0.15) is 23.3 Å². The Bertz CT molecular complexity index is 1420. The second kappa shape index (κ2) is 12.9. The van der Waals surface area contributed by atoms with Crippen LogP contribution < -0.4 is 5.32 Å². The Morgan fingerprint density at radius 2 is 1.72 bits per heavy atom. The summed E-state index contributed by atoms with van der Waals surface area (Å²) in [5.41, 5.74) is -0.0926. The summed E-state index contributed by atoms with van der Waals surface area (Å²) >= 11 is 12.9. The molecule has 0 aliphatic heterocycles. The molecule has 4 aromatic rings. The Labute approximate surface area is 237 Å². The van der Waals surface area contributed by atoms with Gasteiger partial charge in [0, 0.05) is 22.2 Å². The van der Waals surface area contributed by atoms with Gasteiger partial charge >= 0.3 is 6.18 Å². The van der Waals surface area contributed by atoms with Crippen LogP contribution in [0.2, 0.25) is 10.0 Å². The molecular weight excluding hydrogens is 572 g/mol. The molecule has 0 aliphatic rings. The van der Waals surface area contributed by atoms with Crippen molar-refractivity contribution in [3.05, 3.63) is 94.0 Å². The van der Waals surface area contributed by atoms with E-state index >= 15 is 0 Å². The lowest BCUT2D eigenvalue weighted by Crippen LogP contribution is -2.22. The minimum Gasteiger partial charge on any atom is -0.380 e. The quantitative estimate of drug-likeness (QED) is 0.150. The van der Waals surface area contributed by atoms with E-state index in [0.29, 0.717) is 41.3 Å². The van der Waals surface area contributed by atoms with Crippen LogP contribution in [0.3, 0.4) is 0 Å². The van der Waals surface area contributed by atoms with Gasteiger partial charge in [0.1, 0.15) is 5.25 Å². The number of halogens is 5. The van der Waals surface area contributed by atoms with Crippen LogP contribution in [-0.2, 0) is 22.3 Å². The Hall–Kier alpha value is -3.05. The third kappa shape index (κ3) is 7.33. The van der Waals surface area contributed by atoms with Crippen LogP contribution in [0, 0.1) is 0 Å². The summed E-state index contributed by atoms with van der Waals surface area (Å²) in [6.07, 6.45) is -4.71. The van der Waals surface area contributed by atoms with Gasteiger partial charge in [-0.15, -0.1) is 10.2 Å². The number of rotatable bonds is 10. The van der Waals surface area contributed by atoms with Crippen molar-refractivity contribution in [2.75, 3.05) is 18.5 Å². The fourth-order valence-electron chi connectivity index (χ4n) is 3.75. The number of ether oxygens (including phenoxy) is 1. The second-order valence-corrected chi connectivity index (χ2v) is 10.2. The van der Waals surface area contributed by atoms with E-state index in [0.717, 1.165) is 29.5 Å². The molecule has 1 N–H and O–H groups in total. The molecule has 0 unspecified atom stereocenters. The van der Waals surface area contributed by atoms with E-state index in [-0.39, 0.29) is 5.02 Å². The van der Waals surface area contributed by atoms with Gasteiger partial charge in [-0.1, -0.05) is 65.3 Å². The molecule has 0 fully saturated rings. The van der Waals surface area contributed by atoms with Gasteiger partial charge in [-0.25, -0.2) is 0 Å². The summed E-state index contributed by atoms with van der Waals surface area (Å²) in [6.45, 7) is 3.15. The van der Waals surface area contributed by atoms with Crippen molar-refractivity contribution >= 4 is 46.6 Å². The smallest absolute Gasteiger partial charge is 0.380 e. The highest BCUT2D eigenvalue weighted by Gasteiger charge is 2.35. The maximum Gasteiger partial charge on any atom is 0.418 e. The summed E-state index contributed by atoms with van der Waals surface area (Å²) in [4.78, 5) is 13.5. The molecule has 1 atom stereocenters. The average molecular weight is 595 g/mol. The number of carbonyl (C=O) groups is 1. The molecule has 204 valence electrons. The van der Waals surface area contributed by atoms with Gasteiger partial charge in [0.15, 0.2) is 11.0 Å². The maximum atomic E-state index is 13.7. The fourth-order valence-corrected chi connectivity index (χ4v) is 5.12. The summed E-state index contributed by atoms with van der Waals surface area (Å²) in [5.74, 6) is -0.121. The molecule has 39 heavy (non-hydrogen) atoms. The van der Waals surface area contributed by atoms with E-state index in [1.807, 2.05) is 11.5 Å². The van der Waals surface area contributed by atoms with Gasteiger partial charge in [0.2, 0.25) is 5.91 Å². The molecule has 0 radical (unpaired) electrons. The summed E-state index contributed by atoms with van der Waals surface area (Å²) < 4.78 is 48.4. The van der Waals surface area contributed by atoms with E-state index in [1.54, 1.807) is 54.6 Å². The first-order valence-electron chi connectivity index (χ1n) is 11.8. The standard InChI is InChI=1S/C27H23Cl2F3N4O2S/c1-2-38-15-14-36-24(18-8-10-19(28)11-9-18)34-35-26(36)39-23(17-6-4-3-5-7-17)25(37)33-22-13-12-20(29)16-21(22)27(30,31)32/h3-13,16,23H,2,14-15H2,1H3,(H,33,37)/t23-/m1/s1. The lowest BCUT2D eigenvalue weighted by Gasteiger charge is -2.19. The highest BCUT2D eigenvalue weighted by atomic mass is 35.5. The minimum atomic E-state index is -4.71. The first-order valence-corrected chi connectivity index (χ1v) is 13.5. The van der Waals surface area contributed by atoms with Crippen LogP contribution >= 0.6 is 35.0 Å². The number of amides is 1. The molecule has 0 bridgehead atoms. The van der Waals surface area contributed by atoms with Crippen LogP contribution in [0.25, 0.3) is 11.4 Å². The van der Waals surface area contributed by atoms with Crippen LogP contribution in [0.4, 0.5) is 18.9 Å². The molecule has 3 aromatic carbocycles. The molecule has 6 nitrogen and oxygen atoms in total. The Kier molecular flexibility index (Phi) is 9.55. The molecule has 1 aromatic heterocycles. The Morgan fingerprint density at radius 1 is 1.03 bits per heavy atom. The Morgan fingerprint density at radius 3 is 2.38 bits per heavy atom. The van der Waals surface area contributed by atoms with Crippen LogP contribution in [-0.4, -0.2) is 33.9 Å². The zero-order chi connectivity index (χ0) is 28.0. The summed E-state index contributed by atoms with van der Waals surface area (Å²) in [5, 5.41) is 11.0. The van der Waals surface area contributed by atoms with Crippen molar-refractivity contribution in [2.45, 2.75) is 30.1 Å². The third-order valence-corrected chi connectivity index (χ3v) is 7.31. The van der Waals surface area contributed by atoms with E-state index < -0.39 is 28.6 Å². The first kappa shape index (κ1) is 28.9. The molecule has 0 saturated heterocycles. The number of thioether (sulfide) groups is 1. The van der Waals surface area contributed by atoms with Gasteiger partial charge in [-0.3, -0.25) is 9.36 Å². The summed E-state index contributed by atoms with van der Waals surface area (Å²) in [6, 6.07) is 19.0. The SMILES string of the molecule is CCOCCn1c(S[C@@H](C(=O)Nc2ccc(Cl)cc2C(F)(F)F)c2ccccc2)nnc1-c1ccc(Cl)cc1. The van der Waals surface area contributed by atoms with E-state index in [1.165, 1.54) is 6.07 Å². The molecule has 0 aliphatic carbocycles. The van der Waals surface area contributed by atoms with Crippen molar-refractivity contribution < 1.29 is 22.7 Å². The predicted molar refractivity (Wildman–Crippen MR) is 147 cm³/mol. The monoisotopic (exact) mass is 594 g/mol. The van der Waals surface area contributed by atoms with Gasteiger partial charge in [0.25, 0.3) is 0 Å². The normalized spacial score (nSPS) is 12.4. The summed E-state index contributed by atoms with van der Waals surface area (Å²) in [7, 11) is 0. The number of hydrogen-bond donors (Lipinski definition) is 1. The molecule has 1 amide bonds. The third-order valence-electron chi connectivity index (χ3n) is 5.59. The number of aromatic nitrogens is 3. The van der Waals surface area contributed by atoms with Gasteiger partial charge in [-0.05, 0) is 55.0 Å². The minimum absolute atomic E-state index is 0.0913. The van der Waals surface area contributed by atoms with Crippen molar-refractivity contribution in [2.24, 2.45) is 0 Å². The fraction of sp³-hybridized carbons (Fsp3) is 0.222.